The number of para-hydroxylation sites is 1. The quantitative estimate of drug-likeness (QED) is 0.645. The summed E-state index contributed by atoms with van der Waals surface area (Å²) in [7, 11) is 0. The molecule has 0 spiro atoms. The van der Waals surface area contributed by atoms with Gasteiger partial charge in [-0.25, -0.2) is 0 Å². The van der Waals surface area contributed by atoms with E-state index in [1.165, 1.54) is 13.0 Å². The van der Waals surface area contributed by atoms with Crippen molar-refractivity contribution in [2.24, 2.45) is 0 Å². The third kappa shape index (κ3) is 5.14. The summed E-state index contributed by atoms with van der Waals surface area (Å²) in [4.78, 5) is 35.4. The van der Waals surface area contributed by atoms with Crippen LogP contribution in [-0.4, -0.2) is 17.6 Å². The Morgan fingerprint density at radius 3 is 2.12 bits per heavy atom. The number of aryl methyl sites for hydroxylation is 1. The SMILES string of the molecule is CC(=O)c1ccc(NC(=O)/C=C(/C)C(=O)Nc2ccccc2C)cc1. The van der Waals surface area contributed by atoms with Crippen molar-refractivity contribution in [3.8, 4) is 0 Å². The van der Waals surface area contributed by atoms with E-state index in [-0.39, 0.29) is 11.7 Å². The highest BCUT2D eigenvalue weighted by atomic mass is 16.2. The number of rotatable bonds is 5. The number of carbonyl (C=O) groups is 3. The smallest absolute Gasteiger partial charge is 0.251 e. The van der Waals surface area contributed by atoms with Gasteiger partial charge in [0.05, 0.1) is 0 Å². The second-order valence-corrected chi connectivity index (χ2v) is 5.72. The molecule has 2 amide bonds. The number of hydrogen-bond acceptors (Lipinski definition) is 3. The first kappa shape index (κ1) is 18.1. The summed E-state index contributed by atoms with van der Waals surface area (Å²) < 4.78 is 0. The lowest BCUT2D eigenvalue weighted by atomic mass is 10.1. The monoisotopic (exact) mass is 336 g/mol. The Morgan fingerprint density at radius 2 is 1.52 bits per heavy atom. The summed E-state index contributed by atoms with van der Waals surface area (Å²) in [5.74, 6) is -0.786. The van der Waals surface area contributed by atoms with Crippen LogP contribution in [0.3, 0.4) is 0 Å². The van der Waals surface area contributed by atoms with E-state index in [4.69, 9.17) is 0 Å². The van der Waals surface area contributed by atoms with Gasteiger partial charge in [-0.3, -0.25) is 14.4 Å². The van der Waals surface area contributed by atoms with E-state index >= 15 is 0 Å². The van der Waals surface area contributed by atoms with Crippen molar-refractivity contribution in [1.82, 2.24) is 0 Å². The zero-order valence-electron chi connectivity index (χ0n) is 14.4. The minimum Gasteiger partial charge on any atom is -0.323 e. The average molecular weight is 336 g/mol. The molecule has 0 aliphatic rings. The number of benzene rings is 2. The van der Waals surface area contributed by atoms with Crippen LogP contribution in [0, 0.1) is 6.92 Å². The van der Waals surface area contributed by atoms with Crippen LogP contribution < -0.4 is 10.6 Å². The number of Topliss-reactive ketones (excluding diaryl/α,β-unsaturated/α-hetero) is 1. The zero-order valence-corrected chi connectivity index (χ0v) is 14.4. The van der Waals surface area contributed by atoms with E-state index in [0.717, 1.165) is 5.56 Å². The molecule has 0 bridgehead atoms. The second kappa shape index (κ2) is 8.06. The number of hydrogen-bond donors (Lipinski definition) is 2. The molecule has 0 saturated heterocycles. The lowest BCUT2D eigenvalue weighted by molar-refractivity contribution is -0.114. The Labute approximate surface area is 146 Å². The maximum absolute atomic E-state index is 12.2. The largest absolute Gasteiger partial charge is 0.323 e. The molecule has 128 valence electrons. The number of anilines is 2. The molecule has 0 saturated carbocycles. The van der Waals surface area contributed by atoms with Crippen LogP contribution in [0.25, 0.3) is 0 Å². The van der Waals surface area contributed by atoms with Gasteiger partial charge < -0.3 is 10.6 Å². The second-order valence-electron chi connectivity index (χ2n) is 5.72. The van der Waals surface area contributed by atoms with Crippen molar-refractivity contribution in [1.29, 1.82) is 0 Å². The van der Waals surface area contributed by atoms with Crippen LogP contribution in [0.2, 0.25) is 0 Å². The highest BCUT2D eigenvalue weighted by Crippen LogP contribution is 2.14. The Hall–Kier alpha value is -3.21. The highest BCUT2D eigenvalue weighted by Gasteiger charge is 2.09. The van der Waals surface area contributed by atoms with E-state index in [9.17, 15) is 14.4 Å². The van der Waals surface area contributed by atoms with E-state index in [0.29, 0.717) is 22.5 Å². The third-order valence-electron chi connectivity index (χ3n) is 3.66. The van der Waals surface area contributed by atoms with Crippen LogP contribution >= 0.6 is 0 Å². The van der Waals surface area contributed by atoms with Gasteiger partial charge in [0.15, 0.2) is 5.78 Å². The Balaban J connectivity index is 2.00. The van der Waals surface area contributed by atoms with Crippen LogP contribution in [0.4, 0.5) is 11.4 Å². The van der Waals surface area contributed by atoms with Gasteiger partial charge in [-0.05, 0) is 56.7 Å². The van der Waals surface area contributed by atoms with Crippen LogP contribution in [0.15, 0.2) is 60.2 Å². The number of ketones is 1. The molecule has 0 unspecified atom stereocenters. The van der Waals surface area contributed by atoms with Crippen molar-refractivity contribution < 1.29 is 14.4 Å². The van der Waals surface area contributed by atoms with Gasteiger partial charge in [-0.1, -0.05) is 18.2 Å². The molecule has 0 radical (unpaired) electrons. The first-order chi connectivity index (χ1) is 11.9. The molecule has 25 heavy (non-hydrogen) atoms. The summed E-state index contributed by atoms with van der Waals surface area (Å²) in [6.07, 6.45) is 1.24. The molecule has 5 nitrogen and oxygen atoms in total. The molecular weight excluding hydrogens is 316 g/mol. The molecule has 2 N–H and O–H groups in total. The molecular formula is C20H20N2O3. The molecule has 2 rings (SSSR count). The topological polar surface area (TPSA) is 75.3 Å². The first-order valence-electron chi connectivity index (χ1n) is 7.84. The summed E-state index contributed by atoms with van der Waals surface area (Å²) in [6.45, 7) is 4.95. The first-order valence-corrected chi connectivity index (χ1v) is 7.84. The van der Waals surface area contributed by atoms with Crippen molar-refractivity contribution in [3.05, 3.63) is 71.3 Å². The molecule has 2 aromatic carbocycles. The minimum atomic E-state index is -0.409. The Bertz CT molecular complexity index is 836. The number of amides is 2. The van der Waals surface area contributed by atoms with Gasteiger partial charge in [-0.15, -0.1) is 0 Å². The summed E-state index contributed by atoms with van der Waals surface area (Å²) in [6, 6.07) is 14.0. The summed E-state index contributed by atoms with van der Waals surface area (Å²) in [5.41, 5.74) is 3.07. The fourth-order valence-corrected chi connectivity index (χ4v) is 2.16. The fraction of sp³-hybridized carbons (Fsp3) is 0.150. The van der Waals surface area contributed by atoms with Crippen LogP contribution in [-0.2, 0) is 9.59 Å². The van der Waals surface area contributed by atoms with E-state index in [2.05, 4.69) is 10.6 Å². The minimum absolute atomic E-state index is 0.0403. The van der Waals surface area contributed by atoms with Gasteiger partial charge >= 0.3 is 0 Å². The lowest BCUT2D eigenvalue weighted by Crippen LogP contribution is -2.16. The summed E-state index contributed by atoms with van der Waals surface area (Å²) >= 11 is 0. The Kier molecular flexibility index (Phi) is 5.84. The molecule has 0 fully saturated rings. The maximum Gasteiger partial charge on any atom is 0.251 e. The van der Waals surface area contributed by atoms with Gasteiger partial charge in [0.25, 0.3) is 5.91 Å². The van der Waals surface area contributed by atoms with Gasteiger partial charge in [-0.2, -0.15) is 0 Å². The molecule has 5 heteroatoms. The van der Waals surface area contributed by atoms with Gasteiger partial charge in [0.1, 0.15) is 0 Å². The molecule has 0 aliphatic heterocycles. The highest BCUT2D eigenvalue weighted by molar-refractivity contribution is 6.10. The van der Waals surface area contributed by atoms with E-state index in [1.807, 2.05) is 25.1 Å². The fourth-order valence-electron chi connectivity index (χ4n) is 2.16. The predicted molar refractivity (Wildman–Crippen MR) is 98.6 cm³/mol. The predicted octanol–water partition coefficient (Wildman–Crippen LogP) is 3.72. The zero-order chi connectivity index (χ0) is 18.4. The Morgan fingerprint density at radius 1 is 0.880 bits per heavy atom. The van der Waals surface area contributed by atoms with Crippen LogP contribution in [0.5, 0.6) is 0 Å². The van der Waals surface area contributed by atoms with Crippen molar-refractivity contribution in [2.45, 2.75) is 20.8 Å². The lowest BCUT2D eigenvalue weighted by Gasteiger charge is -2.08. The molecule has 2 aromatic rings. The van der Waals surface area contributed by atoms with Gasteiger partial charge in [0, 0.05) is 28.6 Å². The van der Waals surface area contributed by atoms with Gasteiger partial charge in [0.2, 0.25) is 5.91 Å². The average Bonchev–Trinajstić information content (AvgIpc) is 2.57. The normalized spacial score (nSPS) is 10.9. The molecule has 0 heterocycles. The third-order valence-corrected chi connectivity index (χ3v) is 3.66. The number of nitrogens with one attached hydrogen (secondary N) is 2. The van der Waals surface area contributed by atoms with Crippen molar-refractivity contribution >= 4 is 29.0 Å². The van der Waals surface area contributed by atoms with E-state index in [1.54, 1.807) is 37.3 Å². The summed E-state index contributed by atoms with van der Waals surface area (Å²) in [5, 5.41) is 5.44. The maximum atomic E-state index is 12.2. The number of carbonyl (C=O) groups excluding carboxylic acids is 3. The van der Waals surface area contributed by atoms with Crippen molar-refractivity contribution in [2.75, 3.05) is 10.6 Å². The molecule has 0 aromatic heterocycles. The standard InChI is InChI=1S/C20H20N2O3/c1-13-6-4-5-7-18(13)22-20(25)14(2)12-19(24)21-17-10-8-16(9-11-17)15(3)23/h4-12H,1-3H3,(H,21,24)(H,22,25)/b14-12-. The van der Waals surface area contributed by atoms with Crippen molar-refractivity contribution in [3.63, 3.8) is 0 Å². The van der Waals surface area contributed by atoms with Crippen LogP contribution in [0.1, 0.15) is 29.8 Å². The van der Waals surface area contributed by atoms with E-state index < -0.39 is 5.91 Å². The molecule has 0 atom stereocenters. The molecule has 0 aliphatic carbocycles.